The lowest BCUT2D eigenvalue weighted by Gasteiger charge is -2.51. The molecule has 0 saturated carbocycles. The zero-order chi connectivity index (χ0) is 47.5. The third-order valence-corrected chi connectivity index (χ3v) is 14.8. The van der Waals surface area contributed by atoms with Crippen LogP contribution in [-0.4, -0.2) is 180 Å². The first-order valence-electron chi connectivity index (χ1n) is 23.3. The Bertz CT molecular complexity index is 1770. The predicted octanol–water partition coefficient (Wildman–Crippen LogP) is 2.82. The molecule has 3 saturated heterocycles. The number of hydrogen-bond donors (Lipinski definition) is 5. The van der Waals surface area contributed by atoms with Crippen LogP contribution in [0.4, 0.5) is 0 Å². The molecule has 5 N–H and O–H groups in total. The van der Waals surface area contributed by atoms with Crippen molar-refractivity contribution in [3.05, 3.63) is 42.0 Å². The van der Waals surface area contributed by atoms with E-state index >= 15 is 0 Å². The third-order valence-electron chi connectivity index (χ3n) is 14.8. The highest BCUT2D eigenvalue weighted by Gasteiger charge is 2.55. The van der Waals surface area contributed by atoms with Gasteiger partial charge in [-0.3, -0.25) is 9.78 Å². The molecule has 2 aromatic rings. The van der Waals surface area contributed by atoms with Crippen molar-refractivity contribution in [2.45, 2.75) is 192 Å². The second kappa shape index (κ2) is 21.5. The van der Waals surface area contributed by atoms with Crippen LogP contribution in [0.15, 0.2) is 30.6 Å². The van der Waals surface area contributed by atoms with E-state index in [1.807, 2.05) is 78.0 Å². The summed E-state index contributed by atoms with van der Waals surface area (Å²) in [5.74, 6) is -3.07. The van der Waals surface area contributed by atoms with Gasteiger partial charge in [0.15, 0.2) is 6.29 Å². The van der Waals surface area contributed by atoms with E-state index in [9.17, 15) is 30.3 Å². The minimum absolute atomic E-state index is 0.159. The van der Waals surface area contributed by atoms with Crippen molar-refractivity contribution in [1.82, 2.24) is 29.8 Å². The Balaban J connectivity index is 1.49. The molecule has 17 heteroatoms. The molecule has 0 aliphatic carbocycles. The molecule has 17 nitrogen and oxygen atoms in total. The quantitative estimate of drug-likeness (QED) is 0.205. The van der Waals surface area contributed by atoms with Crippen LogP contribution >= 0.6 is 0 Å². The summed E-state index contributed by atoms with van der Waals surface area (Å²) in [5.41, 5.74) is -2.74. The highest BCUT2D eigenvalue weighted by atomic mass is 16.7. The minimum atomic E-state index is -1.80. The van der Waals surface area contributed by atoms with Crippen LogP contribution < -0.4 is 0 Å². The summed E-state index contributed by atoms with van der Waals surface area (Å²) in [5, 5.41) is 68.5. The molecule has 3 aliphatic heterocycles. The molecule has 1 unspecified atom stereocenters. The number of aliphatic hydroxyl groups excluding tert-OH is 3. The second-order valence-corrected chi connectivity index (χ2v) is 20.2. The predicted molar refractivity (Wildman–Crippen MR) is 239 cm³/mol. The number of likely N-dealkylation sites (N-methyl/N-ethyl adjacent to an activating group) is 2. The molecule has 0 spiro atoms. The van der Waals surface area contributed by atoms with E-state index in [0.717, 1.165) is 11.4 Å². The molecule has 5 rings (SSSR count). The van der Waals surface area contributed by atoms with Crippen LogP contribution in [0, 0.1) is 23.7 Å². The molecule has 64 heavy (non-hydrogen) atoms. The van der Waals surface area contributed by atoms with Gasteiger partial charge < -0.3 is 59.0 Å². The molecular weight excluding hydrogens is 825 g/mol. The van der Waals surface area contributed by atoms with E-state index < -0.39 is 95.6 Å². The Hall–Kier alpha value is -2.68. The molecule has 2 aromatic heterocycles. The first-order chi connectivity index (χ1) is 29.9. The second-order valence-electron chi connectivity index (χ2n) is 20.2. The fraction of sp³-hybridized carbons (Fsp3) is 0.830. The van der Waals surface area contributed by atoms with Gasteiger partial charge >= 0.3 is 5.97 Å². The third kappa shape index (κ3) is 11.9. The molecule has 5 heterocycles. The van der Waals surface area contributed by atoms with E-state index in [1.165, 1.54) is 14.0 Å². The maximum Gasteiger partial charge on any atom is 0.309 e. The smallest absolute Gasteiger partial charge is 0.309 e. The van der Waals surface area contributed by atoms with E-state index in [0.29, 0.717) is 32.5 Å². The zero-order valence-electron chi connectivity index (χ0n) is 40.6. The number of nitrogens with zero attached hydrogens (tertiary/aromatic N) is 6. The normalized spacial score (nSPS) is 42.5. The number of esters is 1. The standard InChI is InChI=1S/C47H80N6O11/c1-14-37-47(10,59)40(55)31(6)52(12)24-27(2)22-45(8,58)42(29(4)38(30(5)43(57)63-37)36-23-46(9,60-13)41(56)32(7)62-36)64-44-39(54)35(21-28(3)61-44)51(11)20-18-34-26-53(50-49-34)25-33-17-15-16-19-48-33/h15-17,19,26-32,35-42,44,54-56,58-59H,14,18,20-25H2,1-13H3/t27-,28-,29+,30-,31-,32+,35+,36?,37-,38+,39-,40-,41+,42-,44+,45-,46-,47-/m1/s1. The van der Waals surface area contributed by atoms with Crippen LogP contribution in [0.25, 0.3) is 0 Å². The molecule has 0 amide bonds. The van der Waals surface area contributed by atoms with E-state index in [-0.39, 0.29) is 37.3 Å². The lowest BCUT2D eigenvalue weighted by atomic mass is 9.68. The molecule has 18 atom stereocenters. The number of aromatic nitrogens is 4. The van der Waals surface area contributed by atoms with Crippen LogP contribution in [0.3, 0.4) is 0 Å². The molecule has 0 radical (unpaired) electrons. The van der Waals surface area contributed by atoms with Crippen LogP contribution in [0.1, 0.15) is 106 Å². The number of pyridine rings is 1. The Morgan fingerprint density at radius 1 is 0.984 bits per heavy atom. The van der Waals surface area contributed by atoms with Crippen LogP contribution in [0.2, 0.25) is 0 Å². The summed E-state index contributed by atoms with van der Waals surface area (Å²) in [6, 6.07) is 4.81. The van der Waals surface area contributed by atoms with Crippen molar-refractivity contribution in [3.8, 4) is 0 Å². The molecule has 3 aliphatic rings. The monoisotopic (exact) mass is 905 g/mol. The number of cyclic esters (lactones) is 1. The largest absolute Gasteiger partial charge is 0.459 e. The van der Waals surface area contributed by atoms with Gasteiger partial charge in [0.25, 0.3) is 0 Å². The van der Waals surface area contributed by atoms with Crippen LogP contribution in [0.5, 0.6) is 0 Å². The van der Waals surface area contributed by atoms with Crippen molar-refractivity contribution in [2.75, 3.05) is 34.3 Å². The van der Waals surface area contributed by atoms with Gasteiger partial charge in [-0.15, -0.1) is 5.10 Å². The summed E-state index contributed by atoms with van der Waals surface area (Å²) in [6.07, 6.45) is -2.93. The number of methoxy groups -OCH3 is 1. The maximum atomic E-state index is 14.6. The number of hydrogen-bond acceptors (Lipinski definition) is 16. The van der Waals surface area contributed by atoms with Gasteiger partial charge in [0.05, 0.1) is 59.5 Å². The maximum absolute atomic E-state index is 14.6. The molecular formula is C47H80N6O11. The number of ether oxygens (including phenoxy) is 5. The Morgan fingerprint density at radius 3 is 2.33 bits per heavy atom. The Kier molecular flexibility index (Phi) is 17.6. The summed E-state index contributed by atoms with van der Waals surface area (Å²) >= 11 is 0. The molecule has 0 aromatic carbocycles. The van der Waals surface area contributed by atoms with Crippen molar-refractivity contribution in [3.63, 3.8) is 0 Å². The minimum Gasteiger partial charge on any atom is -0.459 e. The number of carbonyl (C=O) groups excluding carboxylic acids is 1. The van der Waals surface area contributed by atoms with E-state index in [4.69, 9.17) is 23.7 Å². The van der Waals surface area contributed by atoms with Gasteiger partial charge in [-0.05, 0) is 98.9 Å². The molecule has 3 fully saturated rings. The zero-order valence-corrected chi connectivity index (χ0v) is 40.6. The van der Waals surface area contributed by atoms with Gasteiger partial charge in [-0.1, -0.05) is 39.0 Å². The SMILES string of the molecule is CC[C@H]1OC(=O)[C@H](C)[C@@H](C2C[C@@](C)(OC)[C@@H](O)[C@H](C)O2)[C@H](C)[C@@H](O[C@@H]2O[C@H](C)C[C@H](N(C)CCc3cn(Cc4ccccn4)nn3)[C@H]2O)[C@](C)(O)C[C@@H](C)CN(C)[C@H](C)[C@@H](O)[C@]1(C)O. The summed E-state index contributed by atoms with van der Waals surface area (Å²) in [4.78, 5) is 23.0. The Morgan fingerprint density at radius 2 is 1.69 bits per heavy atom. The summed E-state index contributed by atoms with van der Waals surface area (Å²) in [6.45, 7) is 19.5. The number of carbonyl (C=O) groups is 1. The average molecular weight is 905 g/mol. The van der Waals surface area contributed by atoms with Crippen molar-refractivity contribution in [2.24, 2.45) is 23.7 Å². The van der Waals surface area contributed by atoms with Gasteiger partial charge in [-0.2, -0.15) is 0 Å². The van der Waals surface area contributed by atoms with Crippen molar-refractivity contribution < 1.29 is 54.0 Å². The lowest BCUT2D eigenvalue weighted by molar-refractivity contribution is -0.302. The highest BCUT2D eigenvalue weighted by molar-refractivity contribution is 5.73. The van der Waals surface area contributed by atoms with E-state index in [1.54, 1.807) is 38.6 Å². The topological polar surface area (TPSA) is 214 Å². The first-order valence-corrected chi connectivity index (χ1v) is 23.3. The fourth-order valence-electron chi connectivity index (χ4n) is 10.9. The molecule has 0 bridgehead atoms. The average Bonchev–Trinajstić information content (AvgIpc) is 3.69. The van der Waals surface area contributed by atoms with Gasteiger partial charge in [0, 0.05) is 63.4 Å². The highest BCUT2D eigenvalue weighted by Crippen LogP contribution is 2.45. The van der Waals surface area contributed by atoms with Gasteiger partial charge in [0.2, 0.25) is 0 Å². The Labute approximate surface area is 380 Å². The molecule has 364 valence electrons. The van der Waals surface area contributed by atoms with E-state index in [2.05, 4.69) is 20.2 Å². The first kappa shape index (κ1) is 52.3. The summed E-state index contributed by atoms with van der Waals surface area (Å²) in [7, 11) is 5.34. The summed E-state index contributed by atoms with van der Waals surface area (Å²) < 4.78 is 33.9. The van der Waals surface area contributed by atoms with Crippen molar-refractivity contribution in [1.29, 1.82) is 0 Å². The van der Waals surface area contributed by atoms with Gasteiger partial charge in [-0.25, -0.2) is 4.68 Å². The lowest BCUT2D eigenvalue weighted by Crippen LogP contribution is -2.62. The van der Waals surface area contributed by atoms with Crippen molar-refractivity contribution >= 4 is 5.97 Å². The van der Waals surface area contributed by atoms with Crippen LogP contribution in [-0.2, 0) is 41.4 Å². The number of aliphatic hydroxyl groups is 5. The van der Waals surface area contributed by atoms with Gasteiger partial charge in [0.1, 0.15) is 30.0 Å². The number of rotatable bonds is 11. The fourth-order valence-corrected chi connectivity index (χ4v) is 10.9.